The monoisotopic (exact) mass is 342 g/mol. The highest BCUT2D eigenvalue weighted by atomic mass is 79.9. The summed E-state index contributed by atoms with van der Waals surface area (Å²) >= 11 is 3.10. The number of hydrogen-bond donors (Lipinski definition) is 1. The molecule has 1 fully saturated rings. The van der Waals surface area contributed by atoms with Gasteiger partial charge in [0.1, 0.15) is 5.82 Å². The van der Waals surface area contributed by atoms with E-state index in [0.717, 1.165) is 19.6 Å². The third-order valence-corrected chi connectivity index (χ3v) is 4.17. The summed E-state index contributed by atoms with van der Waals surface area (Å²) in [7, 11) is 0. The van der Waals surface area contributed by atoms with E-state index in [1.807, 2.05) is 6.92 Å². The van der Waals surface area contributed by atoms with Crippen molar-refractivity contribution >= 4 is 21.8 Å². The van der Waals surface area contributed by atoms with Crippen LogP contribution in [0.15, 0.2) is 22.7 Å². The Bertz CT molecular complexity index is 475. The lowest BCUT2D eigenvalue weighted by molar-refractivity contribution is 0.0921. The number of piperidine rings is 1. The summed E-state index contributed by atoms with van der Waals surface area (Å²) in [6.07, 6.45) is 3.74. The number of carbonyl (C=O) groups excluding carboxylic acids is 1. The Morgan fingerprint density at radius 2 is 2.10 bits per heavy atom. The molecule has 5 heteroatoms. The van der Waals surface area contributed by atoms with Gasteiger partial charge in [0.2, 0.25) is 0 Å². The van der Waals surface area contributed by atoms with Gasteiger partial charge in [-0.2, -0.15) is 0 Å². The van der Waals surface area contributed by atoms with Crippen molar-refractivity contribution in [2.45, 2.75) is 32.2 Å². The molecule has 1 atom stereocenters. The maximum Gasteiger partial charge on any atom is 0.254 e. The van der Waals surface area contributed by atoms with Gasteiger partial charge in [0.25, 0.3) is 5.91 Å². The van der Waals surface area contributed by atoms with Crippen LogP contribution in [-0.4, -0.2) is 36.5 Å². The Morgan fingerprint density at radius 3 is 2.80 bits per heavy atom. The normalized spacial score (nSPS) is 17.8. The van der Waals surface area contributed by atoms with Gasteiger partial charge >= 0.3 is 0 Å². The van der Waals surface area contributed by atoms with E-state index < -0.39 is 5.82 Å². The lowest BCUT2D eigenvalue weighted by atomic mass is 10.1. The van der Waals surface area contributed by atoms with Crippen LogP contribution in [0.25, 0.3) is 0 Å². The van der Waals surface area contributed by atoms with Crippen molar-refractivity contribution in [2.24, 2.45) is 0 Å². The van der Waals surface area contributed by atoms with Gasteiger partial charge in [-0.25, -0.2) is 4.39 Å². The van der Waals surface area contributed by atoms with Crippen LogP contribution in [0.4, 0.5) is 4.39 Å². The largest absolute Gasteiger partial charge is 0.348 e. The van der Waals surface area contributed by atoms with E-state index in [0.29, 0.717) is 4.47 Å². The van der Waals surface area contributed by atoms with Gasteiger partial charge in [-0.15, -0.1) is 0 Å². The third-order valence-electron chi connectivity index (χ3n) is 3.55. The predicted octanol–water partition coefficient (Wildman–Crippen LogP) is 3.19. The Labute approximate surface area is 127 Å². The highest BCUT2D eigenvalue weighted by molar-refractivity contribution is 9.10. The molecule has 1 aromatic carbocycles. The molecule has 1 unspecified atom stereocenters. The smallest absolute Gasteiger partial charge is 0.254 e. The number of carbonyl (C=O) groups is 1. The number of benzene rings is 1. The summed E-state index contributed by atoms with van der Waals surface area (Å²) < 4.78 is 14.2. The van der Waals surface area contributed by atoms with Gasteiger partial charge in [-0.1, -0.05) is 12.5 Å². The van der Waals surface area contributed by atoms with Crippen LogP contribution in [0.2, 0.25) is 0 Å². The molecule has 1 aliphatic rings. The van der Waals surface area contributed by atoms with Crippen molar-refractivity contribution in [1.29, 1.82) is 0 Å². The highest BCUT2D eigenvalue weighted by Gasteiger charge is 2.18. The van der Waals surface area contributed by atoms with E-state index in [-0.39, 0.29) is 17.5 Å². The number of amides is 1. The summed E-state index contributed by atoms with van der Waals surface area (Å²) in [6, 6.07) is 4.77. The lowest BCUT2D eigenvalue weighted by Gasteiger charge is -2.29. The maximum absolute atomic E-state index is 13.8. The average Bonchev–Trinajstić information content (AvgIpc) is 2.42. The van der Waals surface area contributed by atoms with Crippen LogP contribution in [0, 0.1) is 5.82 Å². The Hall–Kier alpha value is -0.940. The van der Waals surface area contributed by atoms with Crippen LogP contribution >= 0.6 is 15.9 Å². The number of nitrogens with zero attached hydrogens (tertiary/aromatic N) is 1. The zero-order valence-corrected chi connectivity index (χ0v) is 13.2. The molecule has 1 saturated heterocycles. The minimum atomic E-state index is -0.504. The molecule has 1 amide bonds. The molecule has 20 heavy (non-hydrogen) atoms. The van der Waals surface area contributed by atoms with Crippen LogP contribution in [0.1, 0.15) is 36.5 Å². The van der Waals surface area contributed by atoms with E-state index in [1.165, 1.54) is 25.3 Å². The molecule has 2 rings (SSSR count). The topological polar surface area (TPSA) is 32.3 Å². The molecule has 3 nitrogen and oxygen atoms in total. The first-order valence-corrected chi connectivity index (χ1v) is 7.84. The van der Waals surface area contributed by atoms with Crippen LogP contribution in [0.5, 0.6) is 0 Å². The second kappa shape index (κ2) is 7.18. The first kappa shape index (κ1) is 15.4. The van der Waals surface area contributed by atoms with Crippen molar-refractivity contribution in [2.75, 3.05) is 19.6 Å². The molecule has 0 spiro atoms. The summed E-state index contributed by atoms with van der Waals surface area (Å²) in [5, 5.41) is 2.87. The fourth-order valence-electron chi connectivity index (χ4n) is 2.56. The summed E-state index contributed by atoms with van der Waals surface area (Å²) in [6.45, 7) is 4.96. The molecule has 1 N–H and O–H groups in total. The summed E-state index contributed by atoms with van der Waals surface area (Å²) in [5.41, 5.74) is 0.0878. The lowest BCUT2D eigenvalue weighted by Crippen LogP contribution is -2.43. The standard InChI is InChI=1S/C15H20BrFN2O/c1-11(10-19-8-3-2-4-9-19)18-15(20)12-6-5-7-13(16)14(12)17/h5-7,11H,2-4,8-10H2,1H3,(H,18,20). The molecule has 0 aliphatic carbocycles. The number of rotatable bonds is 4. The Morgan fingerprint density at radius 1 is 1.40 bits per heavy atom. The van der Waals surface area contributed by atoms with Gasteiger partial charge in [0.05, 0.1) is 10.0 Å². The molecule has 1 heterocycles. The number of nitrogens with one attached hydrogen (secondary N) is 1. The van der Waals surface area contributed by atoms with E-state index in [9.17, 15) is 9.18 Å². The minimum Gasteiger partial charge on any atom is -0.348 e. The maximum atomic E-state index is 13.8. The number of hydrogen-bond acceptors (Lipinski definition) is 2. The minimum absolute atomic E-state index is 0.0129. The van der Waals surface area contributed by atoms with Gasteiger partial charge in [0.15, 0.2) is 0 Å². The molecule has 0 radical (unpaired) electrons. The highest BCUT2D eigenvalue weighted by Crippen LogP contribution is 2.18. The number of likely N-dealkylation sites (tertiary alicyclic amines) is 1. The van der Waals surface area contributed by atoms with Crippen molar-refractivity contribution in [3.63, 3.8) is 0 Å². The van der Waals surface area contributed by atoms with Crippen molar-refractivity contribution in [3.8, 4) is 0 Å². The zero-order valence-electron chi connectivity index (χ0n) is 11.7. The van der Waals surface area contributed by atoms with Crippen molar-refractivity contribution < 1.29 is 9.18 Å². The predicted molar refractivity (Wildman–Crippen MR) is 81.3 cm³/mol. The van der Waals surface area contributed by atoms with Gasteiger partial charge in [-0.05, 0) is 60.9 Å². The van der Waals surface area contributed by atoms with Gasteiger partial charge in [-0.3, -0.25) is 4.79 Å². The SMILES string of the molecule is CC(CN1CCCCC1)NC(=O)c1cccc(Br)c1F. The first-order chi connectivity index (χ1) is 9.58. The molecule has 1 aliphatic heterocycles. The van der Waals surface area contributed by atoms with Crippen LogP contribution in [-0.2, 0) is 0 Å². The van der Waals surface area contributed by atoms with Gasteiger partial charge < -0.3 is 10.2 Å². The molecule has 0 saturated carbocycles. The third kappa shape index (κ3) is 4.03. The average molecular weight is 343 g/mol. The molecule has 1 aromatic rings. The number of halogens is 2. The Kier molecular flexibility index (Phi) is 5.54. The fourth-order valence-corrected chi connectivity index (χ4v) is 2.92. The fraction of sp³-hybridized carbons (Fsp3) is 0.533. The second-order valence-corrected chi connectivity index (χ2v) is 6.19. The molecular formula is C15H20BrFN2O. The van der Waals surface area contributed by atoms with Crippen LogP contribution < -0.4 is 5.32 Å². The van der Waals surface area contributed by atoms with E-state index in [4.69, 9.17) is 0 Å². The van der Waals surface area contributed by atoms with E-state index in [1.54, 1.807) is 12.1 Å². The summed E-state index contributed by atoms with van der Waals surface area (Å²) in [4.78, 5) is 14.4. The quantitative estimate of drug-likeness (QED) is 0.911. The second-order valence-electron chi connectivity index (χ2n) is 5.34. The Balaban J connectivity index is 1.91. The molecule has 110 valence electrons. The van der Waals surface area contributed by atoms with E-state index >= 15 is 0 Å². The first-order valence-electron chi connectivity index (χ1n) is 7.05. The zero-order chi connectivity index (χ0) is 14.5. The molecule has 0 aromatic heterocycles. The van der Waals surface area contributed by atoms with Gasteiger partial charge in [0, 0.05) is 12.6 Å². The molecular weight excluding hydrogens is 323 g/mol. The van der Waals surface area contributed by atoms with Crippen molar-refractivity contribution in [1.82, 2.24) is 10.2 Å². The van der Waals surface area contributed by atoms with Crippen LogP contribution in [0.3, 0.4) is 0 Å². The van der Waals surface area contributed by atoms with Crippen molar-refractivity contribution in [3.05, 3.63) is 34.1 Å². The molecule has 0 bridgehead atoms. The summed E-state index contributed by atoms with van der Waals surface area (Å²) in [5.74, 6) is -0.858. The van der Waals surface area contributed by atoms with E-state index in [2.05, 4.69) is 26.1 Å².